The SMILES string of the molecule is Cc1ccc(N(CCCN)Cc2cnn(C)c2)cc1. The predicted molar refractivity (Wildman–Crippen MR) is 79.1 cm³/mol. The largest absolute Gasteiger partial charge is 0.367 e. The van der Waals surface area contributed by atoms with Gasteiger partial charge in [0.1, 0.15) is 0 Å². The van der Waals surface area contributed by atoms with E-state index in [1.807, 2.05) is 17.9 Å². The van der Waals surface area contributed by atoms with Crippen LogP contribution < -0.4 is 10.6 Å². The van der Waals surface area contributed by atoms with Gasteiger partial charge in [-0.15, -0.1) is 0 Å². The molecule has 0 bridgehead atoms. The van der Waals surface area contributed by atoms with Crippen LogP contribution in [0.3, 0.4) is 0 Å². The molecule has 1 aromatic carbocycles. The minimum absolute atomic E-state index is 0.718. The van der Waals surface area contributed by atoms with Crippen LogP contribution in [0.1, 0.15) is 17.5 Å². The number of anilines is 1. The molecule has 0 spiro atoms. The summed E-state index contributed by atoms with van der Waals surface area (Å²) in [7, 11) is 1.94. The highest BCUT2D eigenvalue weighted by molar-refractivity contribution is 5.47. The van der Waals surface area contributed by atoms with Gasteiger partial charge in [0.2, 0.25) is 0 Å². The van der Waals surface area contributed by atoms with E-state index in [-0.39, 0.29) is 0 Å². The lowest BCUT2D eigenvalue weighted by atomic mass is 10.2. The zero-order chi connectivity index (χ0) is 13.7. The lowest BCUT2D eigenvalue weighted by Gasteiger charge is -2.24. The Hall–Kier alpha value is -1.81. The molecule has 1 heterocycles. The van der Waals surface area contributed by atoms with Gasteiger partial charge in [0.15, 0.2) is 0 Å². The first-order chi connectivity index (χ1) is 9.19. The van der Waals surface area contributed by atoms with E-state index in [0.29, 0.717) is 0 Å². The third-order valence-corrected chi connectivity index (χ3v) is 3.16. The molecule has 0 saturated heterocycles. The molecule has 19 heavy (non-hydrogen) atoms. The van der Waals surface area contributed by atoms with Crippen molar-refractivity contribution in [3.63, 3.8) is 0 Å². The van der Waals surface area contributed by atoms with Crippen molar-refractivity contribution in [3.8, 4) is 0 Å². The van der Waals surface area contributed by atoms with Gasteiger partial charge in [-0.3, -0.25) is 4.68 Å². The van der Waals surface area contributed by atoms with Gasteiger partial charge in [-0.05, 0) is 32.0 Å². The Morgan fingerprint density at radius 2 is 2.00 bits per heavy atom. The highest BCUT2D eigenvalue weighted by atomic mass is 15.2. The quantitative estimate of drug-likeness (QED) is 0.863. The third-order valence-electron chi connectivity index (χ3n) is 3.16. The van der Waals surface area contributed by atoms with Crippen LogP contribution in [0.2, 0.25) is 0 Å². The summed E-state index contributed by atoms with van der Waals surface area (Å²) >= 11 is 0. The van der Waals surface area contributed by atoms with Crippen LogP contribution >= 0.6 is 0 Å². The zero-order valence-corrected chi connectivity index (χ0v) is 11.7. The number of aromatic nitrogens is 2. The van der Waals surface area contributed by atoms with Crippen LogP contribution in [0.4, 0.5) is 5.69 Å². The van der Waals surface area contributed by atoms with E-state index in [9.17, 15) is 0 Å². The van der Waals surface area contributed by atoms with Crippen molar-refractivity contribution in [3.05, 3.63) is 47.8 Å². The van der Waals surface area contributed by atoms with Crippen molar-refractivity contribution in [2.24, 2.45) is 12.8 Å². The van der Waals surface area contributed by atoms with E-state index < -0.39 is 0 Å². The average molecular weight is 258 g/mol. The summed E-state index contributed by atoms with van der Waals surface area (Å²) in [6, 6.07) is 8.63. The molecule has 102 valence electrons. The summed E-state index contributed by atoms with van der Waals surface area (Å²) in [5.41, 5.74) is 9.38. The summed E-state index contributed by atoms with van der Waals surface area (Å²) in [6.07, 6.45) is 4.97. The molecule has 0 atom stereocenters. The number of hydrogen-bond acceptors (Lipinski definition) is 3. The smallest absolute Gasteiger partial charge is 0.0539 e. The molecule has 4 nitrogen and oxygen atoms in total. The van der Waals surface area contributed by atoms with Crippen molar-refractivity contribution in [1.82, 2.24) is 9.78 Å². The minimum atomic E-state index is 0.718. The fourth-order valence-electron chi connectivity index (χ4n) is 2.11. The summed E-state index contributed by atoms with van der Waals surface area (Å²) in [5, 5.41) is 4.22. The normalized spacial score (nSPS) is 10.7. The number of hydrogen-bond donors (Lipinski definition) is 1. The molecule has 2 rings (SSSR count). The van der Waals surface area contributed by atoms with Crippen LogP contribution in [0.25, 0.3) is 0 Å². The second-order valence-corrected chi connectivity index (χ2v) is 4.92. The minimum Gasteiger partial charge on any atom is -0.367 e. The van der Waals surface area contributed by atoms with E-state index in [4.69, 9.17) is 5.73 Å². The lowest BCUT2D eigenvalue weighted by Crippen LogP contribution is -2.25. The van der Waals surface area contributed by atoms with Gasteiger partial charge in [-0.1, -0.05) is 17.7 Å². The standard InChI is InChI=1S/C15H22N4/c1-13-4-6-15(7-5-13)19(9-3-8-16)12-14-10-17-18(2)11-14/h4-7,10-11H,3,8-9,12,16H2,1-2H3. The average Bonchev–Trinajstić information content (AvgIpc) is 2.81. The summed E-state index contributed by atoms with van der Waals surface area (Å²) < 4.78 is 1.84. The summed E-state index contributed by atoms with van der Waals surface area (Å²) in [6.45, 7) is 4.66. The van der Waals surface area contributed by atoms with Gasteiger partial charge in [-0.25, -0.2) is 0 Å². The summed E-state index contributed by atoms with van der Waals surface area (Å²) in [5.74, 6) is 0. The fourth-order valence-corrected chi connectivity index (χ4v) is 2.11. The fraction of sp³-hybridized carbons (Fsp3) is 0.400. The molecular weight excluding hydrogens is 236 g/mol. The Bertz CT molecular complexity index is 501. The lowest BCUT2D eigenvalue weighted by molar-refractivity contribution is 0.733. The van der Waals surface area contributed by atoms with Crippen LogP contribution in [-0.4, -0.2) is 22.9 Å². The second-order valence-electron chi connectivity index (χ2n) is 4.92. The Morgan fingerprint density at radius 1 is 1.26 bits per heavy atom. The van der Waals surface area contributed by atoms with Crippen molar-refractivity contribution in [2.75, 3.05) is 18.0 Å². The van der Waals surface area contributed by atoms with E-state index in [2.05, 4.69) is 47.4 Å². The van der Waals surface area contributed by atoms with Gasteiger partial charge >= 0.3 is 0 Å². The first-order valence-electron chi connectivity index (χ1n) is 6.68. The number of aryl methyl sites for hydroxylation is 2. The molecule has 1 aromatic heterocycles. The predicted octanol–water partition coefficient (Wildman–Crippen LogP) is 2.08. The van der Waals surface area contributed by atoms with Crippen molar-refractivity contribution < 1.29 is 0 Å². The van der Waals surface area contributed by atoms with Gasteiger partial charge in [0, 0.05) is 37.6 Å². The molecule has 0 amide bonds. The molecule has 4 heteroatoms. The maximum Gasteiger partial charge on any atom is 0.0539 e. The van der Waals surface area contributed by atoms with Gasteiger partial charge in [0.05, 0.1) is 6.20 Å². The number of rotatable bonds is 6. The third kappa shape index (κ3) is 3.83. The van der Waals surface area contributed by atoms with E-state index in [0.717, 1.165) is 26.1 Å². The maximum absolute atomic E-state index is 5.63. The first-order valence-corrected chi connectivity index (χ1v) is 6.68. The highest BCUT2D eigenvalue weighted by Crippen LogP contribution is 2.18. The van der Waals surface area contributed by atoms with E-state index in [1.54, 1.807) is 0 Å². The Kier molecular flexibility index (Phi) is 4.58. The molecule has 0 unspecified atom stereocenters. The van der Waals surface area contributed by atoms with E-state index in [1.165, 1.54) is 16.8 Å². The maximum atomic E-state index is 5.63. The molecular formula is C15H22N4. The molecule has 0 saturated carbocycles. The van der Waals surface area contributed by atoms with Crippen LogP contribution in [0, 0.1) is 6.92 Å². The Balaban J connectivity index is 2.13. The van der Waals surface area contributed by atoms with Crippen LogP contribution in [-0.2, 0) is 13.6 Å². The van der Waals surface area contributed by atoms with Gasteiger partial charge in [0.25, 0.3) is 0 Å². The first kappa shape index (κ1) is 13.6. The van der Waals surface area contributed by atoms with Gasteiger partial charge in [-0.2, -0.15) is 5.10 Å². The monoisotopic (exact) mass is 258 g/mol. The van der Waals surface area contributed by atoms with Crippen molar-refractivity contribution in [2.45, 2.75) is 19.9 Å². The molecule has 2 N–H and O–H groups in total. The molecule has 0 radical (unpaired) electrons. The van der Waals surface area contributed by atoms with Crippen molar-refractivity contribution >= 4 is 5.69 Å². The summed E-state index contributed by atoms with van der Waals surface area (Å²) in [4.78, 5) is 2.35. The molecule has 0 aliphatic rings. The molecule has 0 aliphatic carbocycles. The number of nitrogens with two attached hydrogens (primary N) is 1. The van der Waals surface area contributed by atoms with Gasteiger partial charge < -0.3 is 10.6 Å². The number of nitrogens with zero attached hydrogens (tertiary/aromatic N) is 3. The molecule has 0 aliphatic heterocycles. The number of benzene rings is 1. The molecule has 2 aromatic rings. The molecule has 0 fully saturated rings. The van der Waals surface area contributed by atoms with Crippen LogP contribution in [0.15, 0.2) is 36.7 Å². The Labute approximate surface area is 114 Å². The Morgan fingerprint density at radius 3 is 2.58 bits per heavy atom. The van der Waals surface area contributed by atoms with Crippen LogP contribution in [0.5, 0.6) is 0 Å². The van der Waals surface area contributed by atoms with Crippen molar-refractivity contribution in [1.29, 1.82) is 0 Å². The van der Waals surface area contributed by atoms with E-state index >= 15 is 0 Å². The zero-order valence-electron chi connectivity index (χ0n) is 11.7. The topological polar surface area (TPSA) is 47.1 Å². The second kappa shape index (κ2) is 6.38. The highest BCUT2D eigenvalue weighted by Gasteiger charge is 2.08.